The van der Waals surface area contributed by atoms with Crippen molar-refractivity contribution in [1.82, 2.24) is 25.1 Å². The van der Waals surface area contributed by atoms with Crippen LogP contribution in [0.15, 0.2) is 94.5 Å². The highest BCUT2D eigenvalue weighted by atomic mass is 32.2. The number of carbonyl (C=O) groups is 2. The molecular weight excluding hydrogens is 656 g/mol. The quantitative estimate of drug-likeness (QED) is 0.161. The molecule has 11 nitrogen and oxygen atoms in total. The van der Waals surface area contributed by atoms with Gasteiger partial charge < -0.3 is 19.5 Å². The molecule has 6 rings (SSSR count). The Kier molecular flexibility index (Phi) is 10.0. The van der Waals surface area contributed by atoms with Gasteiger partial charge in [0.25, 0.3) is 11.8 Å². The lowest BCUT2D eigenvalue weighted by molar-refractivity contribution is -0.130. The minimum Gasteiger partial charge on any atom is -0.497 e. The molecule has 0 spiro atoms. The highest BCUT2D eigenvalue weighted by Crippen LogP contribution is 2.42. The number of hydrogen-bond donors (Lipinski definition) is 1. The highest BCUT2D eigenvalue weighted by molar-refractivity contribution is 7.99. The minimum atomic E-state index is -0.474. The second-order valence-corrected chi connectivity index (χ2v) is 12.4. The molecule has 0 unspecified atom stereocenters. The molecule has 0 radical (unpaired) electrons. The van der Waals surface area contributed by atoms with E-state index in [9.17, 15) is 14.0 Å². The van der Waals surface area contributed by atoms with Gasteiger partial charge in [0.2, 0.25) is 0 Å². The van der Waals surface area contributed by atoms with Crippen molar-refractivity contribution in [2.75, 3.05) is 27.1 Å². The molecule has 2 aromatic heterocycles. The topological polar surface area (TPSA) is 120 Å². The lowest BCUT2D eigenvalue weighted by atomic mass is 9.97. The van der Waals surface area contributed by atoms with Crippen LogP contribution in [-0.4, -0.2) is 64.4 Å². The van der Waals surface area contributed by atoms with E-state index in [0.29, 0.717) is 45.2 Å². The van der Waals surface area contributed by atoms with Crippen LogP contribution in [0.2, 0.25) is 0 Å². The number of nitrogens with zero attached hydrogens (tertiary/aromatic N) is 5. The molecule has 3 aromatic carbocycles. The van der Waals surface area contributed by atoms with Gasteiger partial charge in [0.05, 0.1) is 50.3 Å². The first-order valence-corrected chi connectivity index (χ1v) is 16.7. The van der Waals surface area contributed by atoms with Crippen molar-refractivity contribution in [3.63, 3.8) is 0 Å². The van der Waals surface area contributed by atoms with Gasteiger partial charge in [-0.3, -0.25) is 14.2 Å². The number of ether oxygens (including phenoxy) is 3. The van der Waals surface area contributed by atoms with E-state index in [2.05, 4.69) is 15.5 Å². The molecule has 0 fully saturated rings. The zero-order valence-corrected chi connectivity index (χ0v) is 27.9. The first-order chi connectivity index (χ1) is 23.4. The van der Waals surface area contributed by atoms with Crippen LogP contribution in [-0.2, 0) is 11.3 Å². The van der Waals surface area contributed by atoms with E-state index in [1.54, 1.807) is 56.2 Å². The maximum absolute atomic E-state index is 14.0. The van der Waals surface area contributed by atoms with E-state index in [0.717, 1.165) is 28.6 Å². The number of halogens is 1. The number of carbonyl (C=O) groups excluding carboxylic acids is 2. The maximum Gasteiger partial charge on any atom is 0.261 e. The van der Waals surface area contributed by atoms with Crippen LogP contribution in [0.5, 0.6) is 17.2 Å². The molecule has 1 aliphatic heterocycles. The Morgan fingerprint density at radius 1 is 0.958 bits per heavy atom. The number of rotatable bonds is 12. The Morgan fingerprint density at radius 2 is 1.75 bits per heavy atom. The molecule has 3 heterocycles. The highest BCUT2D eigenvalue weighted by Gasteiger charge is 2.36. The average molecular weight is 687 g/mol. The van der Waals surface area contributed by atoms with Crippen molar-refractivity contribution >= 4 is 40.6 Å². The molecule has 2 amide bonds. The number of aromatic nitrogens is 3. The number of thioether (sulfide) groups is 1. The number of amides is 2. The molecule has 0 aliphatic carbocycles. The third-order valence-electron chi connectivity index (χ3n) is 7.64. The fraction of sp³-hybridized carbons (Fsp3) is 0.206. The summed E-state index contributed by atoms with van der Waals surface area (Å²) in [6.07, 6.45) is 0.437. The van der Waals surface area contributed by atoms with Crippen LogP contribution < -0.4 is 19.5 Å². The van der Waals surface area contributed by atoms with Crippen molar-refractivity contribution < 1.29 is 28.2 Å². The second-order valence-electron chi connectivity index (χ2n) is 10.5. The lowest BCUT2D eigenvalue weighted by Crippen LogP contribution is -2.29. The number of para-hydroxylation sites is 1. The van der Waals surface area contributed by atoms with Gasteiger partial charge >= 0.3 is 0 Å². The largest absolute Gasteiger partial charge is 0.497 e. The van der Waals surface area contributed by atoms with Crippen molar-refractivity contribution in [2.45, 2.75) is 24.2 Å². The number of hydrogen-bond acceptors (Lipinski definition) is 10. The molecule has 0 bridgehead atoms. The zero-order valence-electron chi connectivity index (χ0n) is 26.3. The van der Waals surface area contributed by atoms with Crippen molar-refractivity contribution in [3.8, 4) is 22.9 Å². The van der Waals surface area contributed by atoms with Gasteiger partial charge in [0, 0.05) is 17.7 Å². The van der Waals surface area contributed by atoms with E-state index >= 15 is 0 Å². The third-order valence-corrected chi connectivity index (χ3v) is 9.43. The molecule has 14 heteroatoms. The van der Waals surface area contributed by atoms with Crippen molar-refractivity contribution in [2.24, 2.45) is 5.10 Å². The summed E-state index contributed by atoms with van der Waals surface area (Å²) in [6, 6.07) is 21.9. The predicted octanol–water partition coefficient (Wildman–Crippen LogP) is 5.89. The normalized spacial score (nSPS) is 14.0. The number of benzene rings is 3. The molecule has 246 valence electrons. The van der Waals surface area contributed by atoms with Gasteiger partial charge in [-0.1, -0.05) is 30.0 Å². The number of methoxy groups -OCH3 is 3. The molecule has 1 N–H and O–H groups in total. The summed E-state index contributed by atoms with van der Waals surface area (Å²) in [5, 5.41) is 20.0. The number of nitrogens with one attached hydrogen (secondary N) is 1. The molecule has 1 aliphatic rings. The van der Waals surface area contributed by atoms with E-state index < -0.39 is 11.9 Å². The first kappa shape index (κ1) is 32.7. The third kappa shape index (κ3) is 6.89. The average Bonchev–Trinajstić information content (AvgIpc) is 3.90. The number of thiophene rings is 1. The second kappa shape index (κ2) is 14.7. The maximum atomic E-state index is 14.0. The van der Waals surface area contributed by atoms with E-state index in [-0.39, 0.29) is 24.1 Å². The molecule has 5 aromatic rings. The lowest BCUT2D eigenvalue weighted by Gasteiger charge is -2.24. The predicted molar refractivity (Wildman–Crippen MR) is 181 cm³/mol. The van der Waals surface area contributed by atoms with E-state index in [4.69, 9.17) is 19.3 Å². The SMILES string of the molecule is COc1ccc(C2=NN(C(=O)CSc3nnc(CNC(=O)c4cccs4)n3-c3ccc(F)cc3)[C@H](c3cccc(OC)c3OC)C2)cc1. The molecule has 48 heavy (non-hydrogen) atoms. The van der Waals surface area contributed by atoms with Crippen molar-refractivity contribution in [1.29, 1.82) is 0 Å². The Labute approximate surface area is 284 Å². The Bertz CT molecular complexity index is 1930. The fourth-order valence-corrected chi connectivity index (χ4v) is 6.78. The number of hydrazone groups is 1. The summed E-state index contributed by atoms with van der Waals surface area (Å²) >= 11 is 2.49. The summed E-state index contributed by atoms with van der Waals surface area (Å²) < 4.78 is 32.1. The van der Waals surface area contributed by atoms with Crippen LogP contribution in [0.25, 0.3) is 5.69 Å². The molecule has 1 atom stereocenters. The zero-order chi connectivity index (χ0) is 33.6. The van der Waals surface area contributed by atoms with E-state index in [1.165, 1.54) is 28.5 Å². The molecule has 0 saturated carbocycles. The van der Waals surface area contributed by atoms with Gasteiger partial charge in [-0.2, -0.15) is 5.10 Å². The van der Waals surface area contributed by atoms with Gasteiger partial charge in [0.1, 0.15) is 11.6 Å². The Morgan fingerprint density at radius 3 is 2.44 bits per heavy atom. The first-order valence-electron chi connectivity index (χ1n) is 14.8. The van der Waals surface area contributed by atoms with Gasteiger partial charge in [-0.15, -0.1) is 21.5 Å². The summed E-state index contributed by atoms with van der Waals surface area (Å²) in [6.45, 7) is 0.0644. The summed E-state index contributed by atoms with van der Waals surface area (Å²) in [7, 11) is 4.73. The van der Waals surface area contributed by atoms with Crippen LogP contribution in [0.1, 0.15) is 39.1 Å². The van der Waals surface area contributed by atoms with Crippen LogP contribution in [0, 0.1) is 5.82 Å². The molecular formula is C34H31FN6O5S2. The molecule has 0 saturated heterocycles. The van der Waals surface area contributed by atoms with Gasteiger partial charge in [-0.25, -0.2) is 9.40 Å². The summed E-state index contributed by atoms with van der Waals surface area (Å²) in [4.78, 5) is 27.2. The smallest absolute Gasteiger partial charge is 0.261 e. The fourth-order valence-electron chi connectivity index (χ4n) is 5.32. The van der Waals surface area contributed by atoms with Gasteiger partial charge in [0.15, 0.2) is 22.5 Å². The Hall–Kier alpha value is -5.21. The minimum absolute atomic E-state index is 0.0386. The van der Waals surface area contributed by atoms with E-state index in [1.807, 2.05) is 41.8 Å². The summed E-state index contributed by atoms with van der Waals surface area (Å²) in [5.41, 5.74) is 2.91. The monoisotopic (exact) mass is 686 g/mol. The van der Waals surface area contributed by atoms with Crippen LogP contribution in [0.3, 0.4) is 0 Å². The van der Waals surface area contributed by atoms with Crippen LogP contribution >= 0.6 is 23.1 Å². The summed E-state index contributed by atoms with van der Waals surface area (Å²) in [5.74, 6) is 1.23. The van der Waals surface area contributed by atoms with Gasteiger partial charge in [-0.05, 0) is 71.6 Å². The van der Waals surface area contributed by atoms with Crippen LogP contribution in [0.4, 0.5) is 4.39 Å². The Balaban J connectivity index is 1.28. The van der Waals surface area contributed by atoms with Crippen molar-refractivity contribution in [3.05, 3.63) is 112 Å². The standard InChI is InChI=1S/C34H31FN6O5S2/c1-44-24-15-9-21(10-16-24)26-18-27(25-6-4-7-28(45-2)32(25)46-3)41(39-26)31(42)20-48-34-38-37-30(19-36-33(43)29-8-5-17-47-29)40(34)23-13-11-22(35)12-14-23/h4-17,27H,18-20H2,1-3H3,(H,36,43)/t27-/m0/s1.